The number of benzene rings is 2. The van der Waals surface area contributed by atoms with E-state index < -0.39 is 10.0 Å². The third-order valence-electron chi connectivity index (χ3n) is 6.12. The summed E-state index contributed by atoms with van der Waals surface area (Å²) in [4.78, 5) is 13.3. The molecule has 6 heteroatoms. The van der Waals surface area contributed by atoms with Crippen molar-refractivity contribution >= 4 is 15.9 Å². The first kappa shape index (κ1) is 22.5. The van der Waals surface area contributed by atoms with Gasteiger partial charge in [0, 0.05) is 13.1 Å². The molecule has 5 nitrogen and oxygen atoms in total. The molecular weight excluding hydrogens is 396 g/mol. The van der Waals surface area contributed by atoms with Gasteiger partial charge in [-0.2, -0.15) is 4.31 Å². The first-order valence-corrected chi connectivity index (χ1v) is 12.0. The lowest BCUT2D eigenvalue weighted by molar-refractivity contribution is -0.126. The first-order valence-electron chi connectivity index (χ1n) is 10.5. The maximum absolute atomic E-state index is 13.0. The second kappa shape index (κ2) is 8.90. The Morgan fingerprint density at radius 2 is 1.67 bits per heavy atom. The Labute approximate surface area is 180 Å². The van der Waals surface area contributed by atoms with Crippen molar-refractivity contribution in [2.75, 3.05) is 13.1 Å². The summed E-state index contributed by atoms with van der Waals surface area (Å²) in [5, 5.41) is 3.11. The van der Waals surface area contributed by atoms with Gasteiger partial charge in [-0.25, -0.2) is 8.42 Å². The quantitative estimate of drug-likeness (QED) is 0.776. The van der Waals surface area contributed by atoms with Crippen LogP contribution < -0.4 is 5.32 Å². The van der Waals surface area contributed by atoms with E-state index in [1.54, 1.807) is 24.3 Å². The monoisotopic (exact) mass is 428 g/mol. The molecule has 3 rings (SSSR count). The van der Waals surface area contributed by atoms with Gasteiger partial charge >= 0.3 is 0 Å². The summed E-state index contributed by atoms with van der Waals surface area (Å²) in [5.74, 6) is -0.419. The first-order chi connectivity index (χ1) is 14.1. The molecule has 30 heavy (non-hydrogen) atoms. The minimum atomic E-state index is -3.59. The van der Waals surface area contributed by atoms with Crippen LogP contribution in [0.25, 0.3) is 0 Å². The number of aryl methyl sites for hydroxylation is 4. The van der Waals surface area contributed by atoms with Gasteiger partial charge in [0.25, 0.3) is 0 Å². The Kier molecular flexibility index (Phi) is 6.68. The average molecular weight is 429 g/mol. The molecule has 0 aliphatic carbocycles. The summed E-state index contributed by atoms with van der Waals surface area (Å²) in [6.45, 7) is 10.8. The number of amides is 1. The number of piperidine rings is 1. The number of hydrogen-bond donors (Lipinski definition) is 1. The Hall–Kier alpha value is -2.18. The highest BCUT2D eigenvalue weighted by Gasteiger charge is 2.33. The molecule has 0 bridgehead atoms. The SMILES string of the molecule is Cc1ccc(S(=O)(=O)N2CCC[C@@H](C(=O)N[C@H](C)c3cc(C)c(C)cc3C)C2)cc1. The number of nitrogens with zero attached hydrogens (tertiary/aromatic N) is 1. The fraction of sp³-hybridized carbons (Fsp3) is 0.458. The molecule has 1 aliphatic heterocycles. The molecule has 1 aliphatic rings. The van der Waals surface area contributed by atoms with E-state index in [1.807, 2.05) is 13.8 Å². The Balaban J connectivity index is 1.71. The minimum absolute atomic E-state index is 0.0797. The predicted molar refractivity (Wildman–Crippen MR) is 120 cm³/mol. The second-order valence-corrected chi connectivity index (χ2v) is 10.5. The third-order valence-corrected chi connectivity index (χ3v) is 8.00. The van der Waals surface area contributed by atoms with Crippen LogP contribution in [0.4, 0.5) is 0 Å². The lowest BCUT2D eigenvalue weighted by atomic mass is 9.95. The van der Waals surface area contributed by atoms with Crippen molar-refractivity contribution in [3.63, 3.8) is 0 Å². The van der Waals surface area contributed by atoms with Crippen LogP contribution in [0.15, 0.2) is 41.3 Å². The molecule has 0 unspecified atom stereocenters. The van der Waals surface area contributed by atoms with Gasteiger partial charge in [-0.3, -0.25) is 4.79 Å². The van der Waals surface area contributed by atoms with Gasteiger partial charge in [0.15, 0.2) is 0 Å². The van der Waals surface area contributed by atoms with Crippen molar-refractivity contribution in [3.05, 3.63) is 64.2 Å². The molecule has 2 atom stereocenters. The van der Waals surface area contributed by atoms with Crippen molar-refractivity contribution in [1.82, 2.24) is 9.62 Å². The van der Waals surface area contributed by atoms with Crippen molar-refractivity contribution in [1.29, 1.82) is 0 Å². The summed E-state index contributed by atoms with van der Waals surface area (Å²) in [5.41, 5.74) is 5.70. The molecule has 2 aromatic carbocycles. The highest BCUT2D eigenvalue weighted by Crippen LogP contribution is 2.26. The number of carbonyl (C=O) groups is 1. The van der Waals surface area contributed by atoms with Gasteiger partial charge in [0.2, 0.25) is 15.9 Å². The van der Waals surface area contributed by atoms with Crippen LogP contribution in [-0.4, -0.2) is 31.7 Å². The molecule has 0 saturated carbocycles. The molecule has 0 aromatic heterocycles. The van der Waals surface area contributed by atoms with Gasteiger partial charge < -0.3 is 5.32 Å². The smallest absolute Gasteiger partial charge is 0.243 e. The number of rotatable bonds is 5. The number of carbonyl (C=O) groups excluding carboxylic acids is 1. The van der Waals surface area contributed by atoms with E-state index in [9.17, 15) is 13.2 Å². The van der Waals surface area contributed by atoms with Crippen LogP contribution in [-0.2, 0) is 14.8 Å². The van der Waals surface area contributed by atoms with Crippen molar-refractivity contribution < 1.29 is 13.2 Å². The largest absolute Gasteiger partial charge is 0.349 e. The van der Waals surface area contributed by atoms with Gasteiger partial charge in [0.05, 0.1) is 16.9 Å². The molecular formula is C24H32N2O3S. The second-order valence-electron chi connectivity index (χ2n) is 8.54. The molecule has 1 heterocycles. The average Bonchev–Trinajstić information content (AvgIpc) is 2.71. The zero-order chi connectivity index (χ0) is 22.1. The van der Waals surface area contributed by atoms with Crippen LogP contribution >= 0.6 is 0 Å². The number of hydrogen-bond acceptors (Lipinski definition) is 3. The molecule has 162 valence electrons. The van der Waals surface area contributed by atoms with E-state index in [0.29, 0.717) is 19.4 Å². The van der Waals surface area contributed by atoms with Crippen LogP contribution in [0.2, 0.25) is 0 Å². The van der Waals surface area contributed by atoms with Gasteiger partial charge in [0.1, 0.15) is 0 Å². The topological polar surface area (TPSA) is 66.5 Å². The maximum Gasteiger partial charge on any atom is 0.243 e. The van der Waals surface area contributed by atoms with Crippen LogP contribution in [0, 0.1) is 33.6 Å². The molecule has 0 spiro atoms. The van der Waals surface area contributed by atoms with E-state index in [0.717, 1.165) is 16.7 Å². The lowest BCUT2D eigenvalue weighted by Crippen LogP contribution is -2.45. The zero-order valence-corrected chi connectivity index (χ0v) is 19.3. The minimum Gasteiger partial charge on any atom is -0.349 e. The fourth-order valence-corrected chi connectivity index (χ4v) is 5.62. The summed E-state index contributed by atoms with van der Waals surface area (Å²) in [6, 6.07) is 11.0. The van der Waals surface area contributed by atoms with Crippen molar-refractivity contribution in [2.45, 2.75) is 58.4 Å². The summed E-state index contributed by atoms with van der Waals surface area (Å²) in [7, 11) is -3.59. The van der Waals surface area contributed by atoms with Gasteiger partial charge in [-0.1, -0.05) is 29.8 Å². The van der Waals surface area contributed by atoms with Crippen molar-refractivity contribution in [2.24, 2.45) is 5.92 Å². The Morgan fingerprint density at radius 3 is 2.33 bits per heavy atom. The summed E-state index contributed by atoms with van der Waals surface area (Å²) in [6.07, 6.45) is 1.38. The predicted octanol–water partition coefficient (Wildman–Crippen LogP) is 4.20. The van der Waals surface area contributed by atoms with Gasteiger partial charge in [-0.05, 0) is 81.8 Å². The van der Waals surface area contributed by atoms with Crippen molar-refractivity contribution in [3.8, 4) is 0 Å². The zero-order valence-electron chi connectivity index (χ0n) is 18.5. The molecule has 2 aromatic rings. The van der Waals surface area contributed by atoms with E-state index >= 15 is 0 Å². The highest BCUT2D eigenvalue weighted by atomic mass is 32.2. The number of nitrogens with one attached hydrogen (secondary N) is 1. The Morgan fingerprint density at radius 1 is 1.03 bits per heavy atom. The van der Waals surface area contributed by atoms with Gasteiger partial charge in [-0.15, -0.1) is 0 Å². The molecule has 0 radical (unpaired) electrons. The molecule has 1 amide bonds. The van der Waals surface area contributed by atoms with E-state index in [1.165, 1.54) is 15.4 Å². The maximum atomic E-state index is 13.0. The highest BCUT2D eigenvalue weighted by molar-refractivity contribution is 7.89. The normalized spacial score (nSPS) is 18.8. The van der Waals surface area contributed by atoms with Crippen LogP contribution in [0.3, 0.4) is 0 Å². The summed E-state index contributed by atoms with van der Waals surface area (Å²) >= 11 is 0. The molecule has 1 fully saturated rings. The van der Waals surface area contributed by atoms with Crippen LogP contribution in [0.5, 0.6) is 0 Å². The number of sulfonamides is 1. The fourth-order valence-electron chi connectivity index (χ4n) is 4.09. The lowest BCUT2D eigenvalue weighted by Gasteiger charge is -2.32. The van der Waals surface area contributed by atoms with Crippen LogP contribution in [0.1, 0.15) is 53.6 Å². The molecule has 1 N–H and O–H groups in total. The van der Waals surface area contributed by atoms with E-state index in [4.69, 9.17) is 0 Å². The Bertz CT molecular complexity index is 1030. The van der Waals surface area contributed by atoms with E-state index in [-0.39, 0.29) is 29.3 Å². The standard InChI is InChI=1S/C24H32N2O3S/c1-16-8-10-22(11-9-16)30(28,29)26-12-6-7-21(15-26)24(27)25-20(5)23-14-18(3)17(2)13-19(23)4/h8-11,13-14,20-21H,6-7,12,15H2,1-5H3,(H,25,27)/t20-,21-/m1/s1. The molecule has 1 saturated heterocycles. The third kappa shape index (κ3) is 4.76. The van der Waals surface area contributed by atoms with E-state index in [2.05, 4.69) is 38.2 Å². The summed E-state index contributed by atoms with van der Waals surface area (Å²) < 4.78 is 27.5.